The molecule has 1 unspecified atom stereocenters. The van der Waals surface area contributed by atoms with Gasteiger partial charge < -0.3 is 11.1 Å². The van der Waals surface area contributed by atoms with Crippen molar-refractivity contribution in [2.45, 2.75) is 25.3 Å². The third-order valence-electron chi connectivity index (χ3n) is 1.58. The average molecular weight is 209 g/mol. The first-order valence-corrected chi connectivity index (χ1v) is 3.34. The molecule has 1 rings (SSSR count). The zero-order chi connectivity index (χ0) is 6.69. The Bertz CT molecular complexity index is 118. The predicted octanol–water partition coefficient (Wildman–Crippen LogP) is 0.192. The zero-order valence-electron chi connectivity index (χ0n) is 5.80. The Morgan fingerprint density at radius 2 is 2.20 bits per heavy atom. The van der Waals surface area contributed by atoms with E-state index in [0.29, 0.717) is 0 Å². The molecule has 0 spiro atoms. The standard InChI is InChI=1S/C6H12N2O.BrH/c7-5-3-1-2-4-8-6(5)9;/h5H,1-4,7H2,(H,8,9);1H. The second kappa shape index (κ2) is 4.68. The lowest BCUT2D eigenvalue weighted by atomic mass is 10.1. The number of hydrogen-bond acceptors (Lipinski definition) is 2. The Morgan fingerprint density at radius 3 is 2.90 bits per heavy atom. The minimum Gasteiger partial charge on any atom is -0.355 e. The van der Waals surface area contributed by atoms with E-state index in [2.05, 4.69) is 5.32 Å². The van der Waals surface area contributed by atoms with E-state index >= 15 is 0 Å². The minimum atomic E-state index is -0.257. The molecule has 1 fully saturated rings. The van der Waals surface area contributed by atoms with Crippen LogP contribution in [0.25, 0.3) is 0 Å². The van der Waals surface area contributed by atoms with Gasteiger partial charge in [-0.25, -0.2) is 0 Å². The van der Waals surface area contributed by atoms with Crippen LogP contribution in [0.1, 0.15) is 19.3 Å². The zero-order valence-corrected chi connectivity index (χ0v) is 7.51. The van der Waals surface area contributed by atoms with E-state index in [1.807, 2.05) is 0 Å². The van der Waals surface area contributed by atoms with Gasteiger partial charge in [0.25, 0.3) is 0 Å². The normalized spacial score (nSPS) is 26.1. The smallest absolute Gasteiger partial charge is 0.236 e. The molecule has 0 aliphatic carbocycles. The van der Waals surface area contributed by atoms with Crippen molar-refractivity contribution >= 4 is 22.9 Å². The fourth-order valence-electron chi connectivity index (χ4n) is 0.963. The molecule has 1 atom stereocenters. The molecule has 0 saturated carbocycles. The second-order valence-electron chi connectivity index (χ2n) is 2.39. The first kappa shape index (κ1) is 9.91. The molecule has 0 aromatic carbocycles. The van der Waals surface area contributed by atoms with Gasteiger partial charge in [0.15, 0.2) is 0 Å². The molecule has 0 bridgehead atoms. The Labute approximate surface area is 71.1 Å². The fraction of sp³-hybridized carbons (Fsp3) is 0.833. The average Bonchev–Trinajstić information content (AvgIpc) is 1.99. The lowest BCUT2D eigenvalue weighted by Crippen LogP contribution is -2.38. The Hall–Kier alpha value is -0.0900. The molecule has 1 saturated heterocycles. The van der Waals surface area contributed by atoms with Crippen LogP contribution in [0, 0.1) is 0 Å². The molecule has 3 nitrogen and oxygen atoms in total. The molecule has 0 aromatic rings. The molecule has 3 N–H and O–H groups in total. The van der Waals surface area contributed by atoms with Crippen molar-refractivity contribution in [3.8, 4) is 0 Å². The van der Waals surface area contributed by atoms with Crippen LogP contribution < -0.4 is 11.1 Å². The largest absolute Gasteiger partial charge is 0.355 e. The quantitative estimate of drug-likeness (QED) is 0.598. The Balaban J connectivity index is 0.000000810. The summed E-state index contributed by atoms with van der Waals surface area (Å²) in [4.78, 5) is 10.8. The molecule has 1 aliphatic rings. The van der Waals surface area contributed by atoms with Crippen LogP contribution in [0.15, 0.2) is 0 Å². The summed E-state index contributed by atoms with van der Waals surface area (Å²) in [7, 11) is 0. The number of nitrogens with one attached hydrogen (secondary N) is 1. The van der Waals surface area contributed by atoms with E-state index in [9.17, 15) is 4.79 Å². The molecule has 0 aromatic heterocycles. The number of hydrogen-bond donors (Lipinski definition) is 2. The van der Waals surface area contributed by atoms with E-state index in [1.165, 1.54) is 0 Å². The van der Waals surface area contributed by atoms with Crippen LogP contribution in [0.2, 0.25) is 0 Å². The number of carbonyl (C=O) groups is 1. The number of carbonyl (C=O) groups excluding carboxylic acids is 1. The SMILES string of the molecule is Br.NC1CCCCNC1=O. The molecule has 0 radical (unpaired) electrons. The van der Waals surface area contributed by atoms with Crippen molar-refractivity contribution in [3.63, 3.8) is 0 Å². The topological polar surface area (TPSA) is 55.1 Å². The first-order valence-electron chi connectivity index (χ1n) is 3.34. The van der Waals surface area contributed by atoms with Crippen LogP contribution in [0.4, 0.5) is 0 Å². The van der Waals surface area contributed by atoms with Gasteiger partial charge in [-0.1, -0.05) is 0 Å². The third kappa shape index (κ3) is 2.66. The molecule has 1 amide bonds. The first-order chi connectivity index (χ1) is 4.30. The number of rotatable bonds is 0. The van der Waals surface area contributed by atoms with Gasteiger partial charge in [0.1, 0.15) is 0 Å². The van der Waals surface area contributed by atoms with Crippen molar-refractivity contribution in [1.29, 1.82) is 0 Å². The molecule has 10 heavy (non-hydrogen) atoms. The van der Waals surface area contributed by atoms with Crippen LogP contribution >= 0.6 is 17.0 Å². The lowest BCUT2D eigenvalue weighted by molar-refractivity contribution is -0.122. The molecular weight excluding hydrogens is 196 g/mol. The minimum absolute atomic E-state index is 0. The van der Waals surface area contributed by atoms with Gasteiger partial charge >= 0.3 is 0 Å². The monoisotopic (exact) mass is 208 g/mol. The van der Waals surface area contributed by atoms with Gasteiger partial charge in [-0.15, -0.1) is 17.0 Å². The highest BCUT2D eigenvalue weighted by Crippen LogP contribution is 2.01. The van der Waals surface area contributed by atoms with Crippen molar-refractivity contribution < 1.29 is 4.79 Å². The van der Waals surface area contributed by atoms with Gasteiger partial charge in [0.2, 0.25) is 5.91 Å². The summed E-state index contributed by atoms with van der Waals surface area (Å²) in [6.07, 6.45) is 2.98. The summed E-state index contributed by atoms with van der Waals surface area (Å²) >= 11 is 0. The molecule has 4 heteroatoms. The van der Waals surface area contributed by atoms with E-state index < -0.39 is 0 Å². The summed E-state index contributed by atoms with van der Waals surface area (Å²) in [5, 5.41) is 2.73. The Morgan fingerprint density at radius 1 is 1.50 bits per heavy atom. The summed E-state index contributed by atoms with van der Waals surface area (Å²) in [5.41, 5.74) is 5.47. The van der Waals surface area contributed by atoms with Gasteiger partial charge in [-0.2, -0.15) is 0 Å². The van der Waals surface area contributed by atoms with Crippen molar-refractivity contribution in [2.24, 2.45) is 5.73 Å². The highest BCUT2D eigenvalue weighted by Gasteiger charge is 2.14. The number of amides is 1. The summed E-state index contributed by atoms with van der Waals surface area (Å²) in [5.74, 6) is 0.00694. The van der Waals surface area contributed by atoms with Crippen LogP contribution in [-0.2, 0) is 4.79 Å². The summed E-state index contributed by atoms with van der Waals surface area (Å²) < 4.78 is 0. The van der Waals surface area contributed by atoms with Gasteiger partial charge in [-0.05, 0) is 19.3 Å². The highest BCUT2D eigenvalue weighted by molar-refractivity contribution is 8.93. The predicted molar refractivity (Wildman–Crippen MR) is 45.2 cm³/mol. The van der Waals surface area contributed by atoms with E-state index in [-0.39, 0.29) is 28.9 Å². The summed E-state index contributed by atoms with van der Waals surface area (Å²) in [6, 6.07) is -0.257. The molecule has 1 heterocycles. The van der Waals surface area contributed by atoms with Gasteiger partial charge in [0.05, 0.1) is 6.04 Å². The number of halogens is 1. The molecule has 60 valence electrons. The third-order valence-corrected chi connectivity index (χ3v) is 1.58. The summed E-state index contributed by atoms with van der Waals surface area (Å²) in [6.45, 7) is 0.798. The second-order valence-corrected chi connectivity index (χ2v) is 2.39. The van der Waals surface area contributed by atoms with Crippen LogP contribution in [-0.4, -0.2) is 18.5 Å². The number of nitrogens with two attached hydrogens (primary N) is 1. The van der Waals surface area contributed by atoms with Crippen molar-refractivity contribution in [1.82, 2.24) is 5.32 Å². The van der Waals surface area contributed by atoms with E-state index in [1.54, 1.807) is 0 Å². The van der Waals surface area contributed by atoms with Gasteiger partial charge in [0, 0.05) is 6.54 Å². The maximum absolute atomic E-state index is 10.8. The Kier molecular flexibility index (Phi) is 4.64. The fourth-order valence-corrected chi connectivity index (χ4v) is 0.963. The van der Waals surface area contributed by atoms with E-state index in [4.69, 9.17) is 5.73 Å². The molecular formula is C6H13BrN2O. The van der Waals surface area contributed by atoms with Gasteiger partial charge in [-0.3, -0.25) is 4.79 Å². The maximum Gasteiger partial charge on any atom is 0.236 e. The highest BCUT2D eigenvalue weighted by atomic mass is 79.9. The van der Waals surface area contributed by atoms with Crippen molar-refractivity contribution in [3.05, 3.63) is 0 Å². The maximum atomic E-state index is 10.8. The van der Waals surface area contributed by atoms with Crippen LogP contribution in [0.3, 0.4) is 0 Å². The lowest BCUT2D eigenvalue weighted by Gasteiger charge is -2.03. The van der Waals surface area contributed by atoms with E-state index in [0.717, 1.165) is 25.8 Å². The molecule has 1 aliphatic heterocycles. The van der Waals surface area contributed by atoms with Crippen molar-refractivity contribution in [2.75, 3.05) is 6.54 Å². The van der Waals surface area contributed by atoms with Crippen LogP contribution in [0.5, 0.6) is 0 Å².